The highest BCUT2D eigenvalue weighted by atomic mass is 15.2. The predicted molar refractivity (Wildman–Crippen MR) is 75.3 cm³/mol. The molecular formula is C14H31N3. The summed E-state index contributed by atoms with van der Waals surface area (Å²) in [6.45, 7) is 11.3. The van der Waals surface area contributed by atoms with Crippen molar-refractivity contribution < 1.29 is 0 Å². The second-order valence-corrected chi connectivity index (χ2v) is 5.55. The first-order chi connectivity index (χ1) is 8.14. The molecule has 0 aliphatic carbocycles. The van der Waals surface area contributed by atoms with Gasteiger partial charge in [-0.05, 0) is 45.8 Å². The molecule has 17 heavy (non-hydrogen) atoms. The van der Waals surface area contributed by atoms with Crippen LogP contribution in [0.15, 0.2) is 0 Å². The molecule has 1 aliphatic rings. The highest BCUT2D eigenvalue weighted by Crippen LogP contribution is 2.23. The lowest BCUT2D eigenvalue weighted by Gasteiger charge is -2.44. The Morgan fingerprint density at radius 2 is 2.12 bits per heavy atom. The number of nitrogens with zero attached hydrogens (tertiary/aromatic N) is 1. The standard InChI is InChI=1S/C14H31N3/c1-4-6-11-17(5-2)12-14(13(3)15)9-7-8-10-16-14/h13,16H,4-12,15H2,1-3H3. The lowest BCUT2D eigenvalue weighted by Crippen LogP contribution is -2.64. The average Bonchev–Trinajstić information content (AvgIpc) is 2.35. The van der Waals surface area contributed by atoms with Crippen LogP contribution in [-0.4, -0.2) is 42.7 Å². The van der Waals surface area contributed by atoms with Crippen LogP contribution in [0, 0.1) is 0 Å². The summed E-state index contributed by atoms with van der Waals surface area (Å²) in [5, 5.41) is 3.71. The van der Waals surface area contributed by atoms with E-state index in [-0.39, 0.29) is 11.6 Å². The number of unbranched alkanes of at least 4 members (excludes halogenated alkanes) is 1. The van der Waals surface area contributed by atoms with Crippen molar-refractivity contribution in [2.24, 2.45) is 5.73 Å². The van der Waals surface area contributed by atoms with Gasteiger partial charge in [-0.3, -0.25) is 0 Å². The molecule has 3 N–H and O–H groups in total. The minimum absolute atomic E-state index is 0.155. The summed E-state index contributed by atoms with van der Waals surface area (Å²) in [7, 11) is 0. The number of hydrogen-bond acceptors (Lipinski definition) is 3. The zero-order valence-electron chi connectivity index (χ0n) is 12.0. The first kappa shape index (κ1) is 14.9. The Morgan fingerprint density at radius 1 is 1.35 bits per heavy atom. The van der Waals surface area contributed by atoms with Gasteiger partial charge in [0.25, 0.3) is 0 Å². The van der Waals surface area contributed by atoms with E-state index >= 15 is 0 Å². The molecule has 3 nitrogen and oxygen atoms in total. The molecule has 0 amide bonds. The van der Waals surface area contributed by atoms with Crippen molar-refractivity contribution in [2.45, 2.75) is 64.5 Å². The first-order valence-electron chi connectivity index (χ1n) is 7.37. The van der Waals surface area contributed by atoms with E-state index in [4.69, 9.17) is 5.73 Å². The molecule has 1 aliphatic heterocycles. The van der Waals surface area contributed by atoms with E-state index in [0.717, 1.165) is 19.6 Å². The van der Waals surface area contributed by atoms with E-state index in [2.05, 4.69) is 31.0 Å². The Bertz CT molecular complexity index is 198. The number of nitrogens with one attached hydrogen (secondary N) is 1. The quantitative estimate of drug-likeness (QED) is 0.716. The summed E-state index contributed by atoms with van der Waals surface area (Å²) in [6, 6.07) is 0.235. The van der Waals surface area contributed by atoms with Gasteiger partial charge < -0.3 is 16.0 Å². The Hall–Kier alpha value is -0.120. The Morgan fingerprint density at radius 3 is 2.59 bits per heavy atom. The van der Waals surface area contributed by atoms with Crippen LogP contribution in [0.3, 0.4) is 0 Å². The molecule has 0 aromatic rings. The lowest BCUT2D eigenvalue weighted by atomic mass is 9.82. The molecular weight excluding hydrogens is 210 g/mol. The van der Waals surface area contributed by atoms with Crippen molar-refractivity contribution in [1.29, 1.82) is 0 Å². The molecule has 0 radical (unpaired) electrons. The van der Waals surface area contributed by atoms with Crippen LogP contribution in [0.1, 0.15) is 52.9 Å². The van der Waals surface area contributed by atoms with Gasteiger partial charge in [-0.2, -0.15) is 0 Å². The Labute approximate surface area is 107 Å². The number of likely N-dealkylation sites (N-methyl/N-ethyl adjacent to an activating group) is 1. The largest absolute Gasteiger partial charge is 0.326 e. The van der Waals surface area contributed by atoms with Gasteiger partial charge in [0, 0.05) is 18.1 Å². The number of rotatable bonds is 7. The summed E-state index contributed by atoms with van der Waals surface area (Å²) in [6.07, 6.45) is 6.42. The van der Waals surface area contributed by atoms with Gasteiger partial charge >= 0.3 is 0 Å². The minimum atomic E-state index is 0.155. The first-order valence-corrected chi connectivity index (χ1v) is 7.37. The van der Waals surface area contributed by atoms with Crippen LogP contribution < -0.4 is 11.1 Å². The molecule has 1 rings (SSSR count). The molecule has 102 valence electrons. The van der Waals surface area contributed by atoms with Gasteiger partial charge in [-0.25, -0.2) is 0 Å². The smallest absolute Gasteiger partial charge is 0.0459 e. The summed E-state index contributed by atoms with van der Waals surface area (Å²) in [4.78, 5) is 2.56. The second-order valence-electron chi connectivity index (χ2n) is 5.55. The number of hydrogen-bond donors (Lipinski definition) is 2. The zero-order valence-corrected chi connectivity index (χ0v) is 12.0. The van der Waals surface area contributed by atoms with Gasteiger partial charge in [0.05, 0.1) is 0 Å². The molecule has 1 heterocycles. The third kappa shape index (κ3) is 4.23. The van der Waals surface area contributed by atoms with Crippen LogP contribution >= 0.6 is 0 Å². The zero-order chi connectivity index (χ0) is 12.7. The van der Waals surface area contributed by atoms with E-state index in [0.29, 0.717) is 0 Å². The molecule has 2 unspecified atom stereocenters. The summed E-state index contributed by atoms with van der Waals surface area (Å²) >= 11 is 0. The normalized spacial score (nSPS) is 27.4. The third-order valence-electron chi connectivity index (χ3n) is 4.18. The lowest BCUT2D eigenvalue weighted by molar-refractivity contribution is 0.133. The maximum atomic E-state index is 6.24. The van der Waals surface area contributed by atoms with Gasteiger partial charge in [0.1, 0.15) is 0 Å². The molecule has 3 heteroatoms. The van der Waals surface area contributed by atoms with Gasteiger partial charge in [-0.1, -0.05) is 26.7 Å². The summed E-state index contributed by atoms with van der Waals surface area (Å²) < 4.78 is 0. The molecule has 0 saturated carbocycles. The van der Waals surface area contributed by atoms with Crippen LogP contribution in [0.5, 0.6) is 0 Å². The van der Waals surface area contributed by atoms with Crippen LogP contribution in [0.4, 0.5) is 0 Å². The highest BCUT2D eigenvalue weighted by molar-refractivity contribution is 4.99. The van der Waals surface area contributed by atoms with E-state index in [1.165, 1.54) is 38.6 Å². The summed E-state index contributed by atoms with van der Waals surface area (Å²) in [5.41, 5.74) is 6.40. The van der Waals surface area contributed by atoms with Crippen molar-refractivity contribution in [3.8, 4) is 0 Å². The number of piperidine rings is 1. The van der Waals surface area contributed by atoms with Gasteiger partial charge in [0.2, 0.25) is 0 Å². The Balaban J connectivity index is 2.57. The van der Waals surface area contributed by atoms with E-state index in [1.54, 1.807) is 0 Å². The highest BCUT2D eigenvalue weighted by Gasteiger charge is 2.36. The van der Waals surface area contributed by atoms with Crippen molar-refractivity contribution in [1.82, 2.24) is 10.2 Å². The predicted octanol–water partition coefficient (Wildman–Crippen LogP) is 1.97. The molecule has 2 atom stereocenters. The molecule has 1 saturated heterocycles. The maximum absolute atomic E-state index is 6.24. The molecule has 0 bridgehead atoms. The molecule has 0 aromatic heterocycles. The van der Waals surface area contributed by atoms with E-state index in [1.807, 2.05) is 0 Å². The molecule has 0 spiro atoms. The fourth-order valence-corrected chi connectivity index (χ4v) is 2.79. The minimum Gasteiger partial charge on any atom is -0.326 e. The number of nitrogens with two attached hydrogens (primary N) is 1. The third-order valence-corrected chi connectivity index (χ3v) is 4.18. The maximum Gasteiger partial charge on any atom is 0.0459 e. The molecule has 0 aromatic carbocycles. The second kappa shape index (κ2) is 7.34. The molecule has 1 fully saturated rings. The van der Waals surface area contributed by atoms with Crippen LogP contribution in [0.2, 0.25) is 0 Å². The summed E-state index contributed by atoms with van der Waals surface area (Å²) in [5.74, 6) is 0. The van der Waals surface area contributed by atoms with Gasteiger partial charge in [0.15, 0.2) is 0 Å². The van der Waals surface area contributed by atoms with Gasteiger partial charge in [-0.15, -0.1) is 0 Å². The van der Waals surface area contributed by atoms with Crippen LogP contribution in [0.25, 0.3) is 0 Å². The van der Waals surface area contributed by atoms with Crippen molar-refractivity contribution >= 4 is 0 Å². The topological polar surface area (TPSA) is 41.3 Å². The van der Waals surface area contributed by atoms with Crippen molar-refractivity contribution in [3.63, 3.8) is 0 Å². The van der Waals surface area contributed by atoms with Crippen LogP contribution in [-0.2, 0) is 0 Å². The average molecular weight is 241 g/mol. The van der Waals surface area contributed by atoms with Crippen molar-refractivity contribution in [3.05, 3.63) is 0 Å². The van der Waals surface area contributed by atoms with Crippen molar-refractivity contribution in [2.75, 3.05) is 26.2 Å². The fraction of sp³-hybridized carbons (Fsp3) is 1.00. The van der Waals surface area contributed by atoms with E-state index < -0.39 is 0 Å². The monoisotopic (exact) mass is 241 g/mol. The Kier molecular flexibility index (Phi) is 6.45. The fourth-order valence-electron chi connectivity index (χ4n) is 2.79. The SMILES string of the molecule is CCCCN(CC)CC1(C(C)N)CCCCN1. The van der Waals surface area contributed by atoms with E-state index in [9.17, 15) is 0 Å².